The van der Waals surface area contributed by atoms with Crippen LogP contribution in [0.1, 0.15) is 17.3 Å². The average molecular weight is 451 g/mol. The summed E-state index contributed by atoms with van der Waals surface area (Å²) in [6.07, 6.45) is -1.89. The summed E-state index contributed by atoms with van der Waals surface area (Å²) < 4.78 is 48.6. The summed E-state index contributed by atoms with van der Waals surface area (Å²) in [6, 6.07) is 5.83. The van der Waals surface area contributed by atoms with Crippen molar-refractivity contribution in [1.82, 2.24) is 24.9 Å². The molecule has 1 N–H and O–H groups in total. The average Bonchev–Trinajstić information content (AvgIpc) is 3.13. The van der Waals surface area contributed by atoms with Crippen molar-refractivity contribution in [3.05, 3.63) is 58.6 Å². The number of halogens is 3. The maximum Gasteiger partial charge on any atom is 0.573 e. The van der Waals surface area contributed by atoms with Gasteiger partial charge in [0.1, 0.15) is 17.0 Å². The van der Waals surface area contributed by atoms with Crippen LogP contribution in [0.2, 0.25) is 0 Å². The van der Waals surface area contributed by atoms with Gasteiger partial charge in [0.25, 0.3) is 11.5 Å². The van der Waals surface area contributed by atoms with Crippen LogP contribution in [0.4, 0.5) is 13.2 Å². The largest absolute Gasteiger partial charge is 0.573 e. The molecule has 0 bridgehead atoms. The van der Waals surface area contributed by atoms with Crippen LogP contribution in [0, 0.1) is 0 Å². The number of amides is 1. The fourth-order valence-corrected chi connectivity index (χ4v) is 2.91. The lowest BCUT2D eigenvalue weighted by atomic mass is 10.1. The summed E-state index contributed by atoms with van der Waals surface area (Å²) in [6.45, 7) is 1.95. The third kappa shape index (κ3) is 5.52. The number of hydrogen-bond donors (Lipinski definition) is 1. The molecule has 3 rings (SSSR count). The second kappa shape index (κ2) is 9.22. The van der Waals surface area contributed by atoms with Gasteiger partial charge in [0, 0.05) is 25.8 Å². The summed E-state index contributed by atoms with van der Waals surface area (Å²) >= 11 is 0. The molecule has 0 saturated carbocycles. The number of hydrogen-bond acceptors (Lipinski definition) is 6. The lowest BCUT2D eigenvalue weighted by Gasteiger charge is -2.14. The zero-order valence-electron chi connectivity index (χ0n) is 17.4. The van der Waals surface area contributed by atoms with E-state index < -0.39 is 23.6 Å². The molecule has 1 aromatic carbocycles. The highest BCUT2D eigenvalue weighted by atomic mass is 19.4. The minimum absolute atomic E-state index is 0.191. The van der Waals surface area contributed by atoms with Gasteiger partial charge in [-0.3, -0.25) is 14.3 Å². The molecule has 2 heterocycles. The Morgan fingerprint density at radius 3 is 2.50 bits per heavy atom. The van der Waals surface area contributed by atoms with E-state index in [-0.39, 0.29) is 23.9 Å². The molecule has 1 amide bonds. The Labute approximate surface area is 180 Å². The predicted molar refractivity (Wildman–Crippen MR) is 108 cm³/mol. The van der Waals surface area contributed by atoms with Crippen molar-refractivity contribution in [2.75, 3.05) is 13.7 Å². The number of aryl methyl sites for hydroxylation is 1. The molecule has 2 aromatic heterocycles. The van der Waals surface area contributed by atoms with Crippen LogP contribution >= 0.6 is 0 Å². The van der Waals surface area contributed by atoms with Gasteiger partial charge in [-0.05, 0) is 37.3 Å². The van der Waals surface area contributed by atoms with Gasteiger partial charge in [0.2, 0.25) is 0 Å². The number of aromatic nitrogens is 4. The van der Waals surface area contributed by atoms with Crippen LogP contribution in [0.15, 0.2) is 47.5 Å². The van der Waals surface area contributed by atoms with Crippen LogP contribution in [0.25, 0.3) is 16.9 Å². The molecule has 3 aromatic rings. The Hall–Kier alpha value is -3.67. The first-order chi connectivity index (χ1) is 15.1. The van der Waals surface area contributed by atoms with E-state index in [1.807, 2.05) is 0 Å². The molecule has 0 radical (unpaired) electrons. The highest BCUT2D eigenvalue weighted by Gasteiger charge is 2.31. The molecule has 0 spiro atoms. The van der Waals surface area contributed by atoms with Crippen LogP contribution in [-0.2, 0) is 11.8 Å². The van der Waals surface area contributed by atoms with Crippen molar-refractivity contribution < 1.29 is 27.4 Å². The number of carbonyl (C=O) groups is 1. The van der Waals surface area contributed by atoms with E-state index >= 15 is 0 Å². The van der Waals surface area contributed by atoms with Crippen LogP contribution < -0.4 is 15.6 Å². The lowest BCUT2D eigenvalue weighted by molar-refractivity contribution is -0.274. The Kier molecular flexibility index (Phi) is 6.63. The topological polar surface area (TPSA) is 100 Å². The molecule has 0 unspecified atom stereocenters. The molecule has 12 heteroatoms. The molecule has 0 aliphatic rings. The minimum Gasteiger partial charge on any atom is -0.406 e. The fraction of sp³-hybridized carbons (Fsp3) is 0.300. The number of benzene rings is 1. The number of methoxy groups -OCH3 is 1. The maximum atomic E-state index is 13.0. The zero-order valence-corrected chi connectivity index (χ0v) is 17.4. The highest BCUT2D eigenvalue weighted by Crippen LogP contribution is 2.26. The van der Waals surface area contributed by atoms with Gasteiger partial charge >= 0.3 is 6.36 Å². The molecule has 0 aliphatic carbocycles. The first-order valence-corrected chi connectivity index (χ1v) is 9.37. The van der Waals surface area contributed by atoms with E-state index in [9.17, 15) is 22.8 Å². The number of nitrogens with zero attached hydrogens (tertiary/aromatic N) is 4. The standard InChI is InChI=1S/C20H20F3N5O4/c1-12(11-31-3)25-18(29)16-8-17(13-4-6-15(7-5-13)32-20(21,22)23)26-28(19(16)30)14-9-24-27(2)10-14/h4-10,12H,11H2,1-3H3,(H,25,29)/t12-/m0/s1. The van der Waals surface area contributed by atoms with E-state index in [1.165, 1.54) is 42.4 Å². The quantitative estimate of drug-likeness (QED) is 0.592. The number of rotatable bonds is 7. The van der Waals surface area contributed by atoms with Gasteiger partial charge in [-0.25, -0.2) is 0 Å². The monoisotopic (exact) mass is 451 g/mol. The molecule has 32 heavy (non-hydrogen) atoms. The lowest BCUT2D eigenvalue weighted by Crippen LogP contribution is -2.39. The number of carbonyl (C=O) groups excluding carboxylic acids is 1. The fourth-order valence-electron chi connectivity index (χ4n) is 2.91. The Bertz CT molecular complexity index is 1160. The van der Waals surface area contributed by atoms with Gasteiger partial charge in [0.15, 0.2) is 0 Å². The molecular formula is C20H20F3N5O4. The number of ether oxygens (including phenoxy) is 2. The van der Waals surface area contributed by atoms with Crippen molar-refractivity contribution in [3.8, 4) is 22.7 Å². The van der Waals surface area contributed by atoms with E-state index in [1.54, 1.807) is 14.0 Å². The minimum atomic E-state index is -4.82. The Morgan fingerprint density at radius 2 is 1.94 bits per heavy atom. The first kappa shape index (κ1) is 23.0. The van der Waals surface area contributed by atoms with Crippen LogP contribution in [-0.4, -0.2) is 51.6 Å². The van der Waals surface area contributed by atoms with E-state index in [4.69, 9.17) is 4.74 Å². The Balaban J connectivity index is 2.06. The maximum absolute atomic E-state index is 13.0. The molecule has 0 aliphatic heterocycles. The zero-order chi connectivity index (χ0) is 23.5. The number of alkyl halides is 3. The van der Waals surface area contributed by atoms with Crippen molar-refractivity contribution in [3.63, 3.8) is 0 Å². The molecule has 0 saturated heterocycles. The Morgan fingerprint density at radius 1 is 1.25 bits per heavy atom. The number of nitrogens with one attached hydrogen (secondary N) is 1. The normalized spacial score (nSPS) is 12.4. The molecule has 9 nitrogen and oxygen atoms in total. The summed E-state index contributed by atoms with van der Waals surface area (Å²) in [4.78, 5) is 25.7. The van der Waals surface area contributed by atoms with E-state index in [0.717, 1.165) is 16.8 Å². The third-order valence-corrected chi connectivity index (χ3v) is 4.27. The van der Waals surface area contributed by atoms with Crippen molar-refractivity contribution >= 4 is 5.91 Å². The van der Waals surface area contributed by atoms with Gasteiger partial charge in [-0.1, -0.05) is 0 Å². The summed E-state index contributed by atoms with van der Waals surface area (Å²) in [5, 5.41) is 10.9. The van der Waals surface area contributed by atoms with E-state index in [0.29, 0.717) is 11.3 Å². The van der Waals surface area contributed by atoms with Gasteiger partial charge < -0.3 is 14.8 Å². The summed E-state index contributed by atoms with van der Waals surface area (Å²) in [5.74, 6) is -1.05. The third-order valence-electron chi connectivity index (χ3n) is 4.27. The predicted octanol–water partition coefficient (Wildman–Crippen LogP) is 2.30. The summed E-state index contributed by atoms with van der Waals surface area (Å²) in [5.41, 5.74) is 0.00129. The first-order valence-electron chi connectivity index (χ1n) is 9.37. The second-order valence-electron chi connectivity index (χ2n) is 6.93. The van der Waals surface area contributed by atoms with Gasteiger partial charge in [-0.15, -0.1) is 13.2 Å². The second-order valence-corrected chi connectivity index (χ2v) is 6.93. The van der Waals surface area contributed by atoms with E-state index in [2.05, 4.69) is 20.3 Å². The summed E-state index contributed by atoms with van der Waals surface area (Å²) in [7, 11) is 3.13. The molecular weight excluding hydrogens is 431 g/mol. The van der Waals surface area contributed by atoms with Crippen molar-refractivity contribution in [1.29, 1.82) is 0 Å². The smallest absolute Gasteiger partial charge is 0.406 e. The van der Waals surface area contributed by atoms with Gasteiger partial charge in [0.05, 0.1) is 24.7 Å². The van der Waals surface area contributed by atoms with Crippen LogP contribution in [0.5, 0.6) is 5.75 Å². The van der Waals surface area contributed by atoms with Crippen molar-refractivity contribution in [2.45, 2.75) is 19.3 Å². The van der Waals surface area contributed by atoms with Gasteiger partial charge in [-0.2, -0.15) is 14.9 Å². The SMILES string of the molecule is COC[C@H](C)NC(=O)c1cc(-c2ccc(OC(F)(F)F)cc2)nn(-c2cnn(C)c2)c1=O. The van der Waals surface area contributed by atoms with Crippen LogP contribution in [0.3, 0.4) is 0 Å². The molecule has 1 atom stereocenters. The molecule has 0 fully saturated rings. The van der Waals surface area contributed by atoms with Crippen molar-refractivity contribution in [2.24, 2.45) is 7.05 Å². The molecule has 170 valence electrons. The highest BCUT2D eigenvalue weighted by molar-refractivity contribution is 5.95.